The molecule has 1 saturated heterocycles. The molecule has 0 radical (unpaired) electrons. The van der Waals surface area contributed by atoms with Crippen LogP contribution >= 0.6 is 0 Å². The summed E-state index contributed by atoms with van der Waals surface area (Å²) in [6, 6.07) is 14.6. The van der Waals surface area contributed by atoms with Crippen molar-refractivity contribution in [2.45, 2.75) is 30.1 Å². The zero-order valence-electron chi connectivity index (χ0n) is 17.2. The molecule has 160 valence electrons. The minimum absolute atomic E-state index is 0.287. The van der Waals surface area contributed by atoms with Crippen molar-refractivity contribution in [3.8, 4) is 0 Å². The fourth-order valence-electron chi connectivity index (χ4n) is 4.46. The van der Waals surface area contributed by atoms with Gasteiger partial charge in [-0.15, -0.1) is 0 Å². The summed E-state index contributed by atoms with van der Waals surface area (Å²) in [5.74, 6) is 2.38. The molecule has 0 spiro atoms. The first-order valence-corrected chi connectivity index (χ1v) is 11.9. The Hall–Kier alpha value is -2.84. The number of aryl methyl sites for hydroxylation is 1. The van der Waals surface area contributed by atoms with Crippen LogP contribution in [0.25, 0.3) is 0 Å². The molecule has 0 amide bonds. The number of nitrogens with one attached hydrogen (secondary N) is 1. The number of quaternary nitrogens is 1. The average Bonchev–Trinajstić information content (AvgIpc) is 3.15. The van der Waals surface area contributed by atoms with Crippen LogP contribution in [0.1, 0.15) is 30.0 Å². The van der Waals surface area contributed by atoms with Crippen LogP contribution in [0, 0.1) is 5.82 Å². The van der Waals surface area contributed by atoms with Crippen LogP contribution in [0.4, 0.5) is 27.5 Å². The summed E-state index contributed by atoms with van der Waals surface area (Å²) in [6.45, 7) is 1.78. The summed E-state index contributed by atoms with van der Waals surface area (Å²) in [5.41, 5.74) is 9.56. The van der Waals surface area contributed by atoms with E-state index < -0.39 is 10.8 Å². The third kappa shape index (κ3) is 4.18. The molecule has 1 atom stereocenters. The van der Waals surface area contributed by atoms with Gasteiger partial charge in [-0.25, -0.2) is 4.39 Å². The van der Waals surface area contributed by atoms with Crippen LogP contribution in [0.3, 0.4) is 0 Å². The van der Waals surface area contributed by atoms with Crippen LogP contribution in [0.2, 0.25) is 0 Å². The number of fused-ring (bicyclic) bond motifs is 1. The second-order valence-corrected chi connectivity index (χ2v) is 9.68. The lowest BCUT2D eigenvalue weighted by Gasteiger charge is -2.28. The van der Waals surface area contributed by atoms with Crippen LogP contribution in [0.15, 0.2) is 53.4 Å². The smallest absolute Gasteiger partial charge is 0.396 e. The maximum absolute atomic E-state index is 13.7. The first-order valence-electron chi connectivity index (χ1n) is 10.6. The van der Waals surface area contributed by atoms with Gasteiger partial charge in [0.1, 0.15) is 17.2 Å². The van der Waals surface area contributed by atoms with Crippen molar-refractivity contribution < 1.29 is 18.9 Å². The molecule has 5 N–H and O–H groups in total. The molecule has 3 heterocycles. The highest BCUT2D eigenvalue weighted by Gasteiger charge is 2.35. The van der Waals surface area contributed by atoms with E-state index in [1.54, 1.807) is 6.07 Å². The van der Waals surface area contributed by atoms with Gasteiger partial charge < -0.3 is 5.73 Å². The maximum Gasteiger partial charge on any atom is 0.396 e. The fourth-order valence-corrected chi connectivity index (χ4v) is 5.81. The number of nitrogens with two attached hydrogens (primary N) is 2. The van der Waals surface area contributed by atoms with Gasteiger partial charge in [-0.2, -0.15) is 4.98 Å². The lowest BCUT2D eigenvalue weighted by atomic mass is 9.89. The zero-order chi connectivity index (χ0) is 21.4. The molecule has 0 bridgehead atoms. The minimum Gasteiger partial charge on any atom is -0.399 e. The van der Waals surface area contributed by atoms with Gasteiger partial charge in [0.25, 0.3) is 5.82 Å². The lowest BCUT2D eigenvalue weighted by Crippen LogP contribution is -2.74. The van der Waals surface area contributed by atoms with Crippen LogP contribution in [0.5, 0.6) is 0 Å². The van der Waals surface area contributed by atoms with Crippen molar-refractivity contribution in [2.75, 3.05) is 29.5 Å². The third-order valence-corrected chi connectivity index (χ3v) is 7.59. The normalized spacial score (nSPS) is 18.9. The highest BCUT2D eigenvalue weighted by Crippen LogP contribution is 2.31. The molecule has 5 rings (SSSR count). The molecule has 1 unspecified atom stereocenters. The zero-order valence-corrected chi connectivity index (χ0v) is 18.0. The molecule has 0 aliphatic carbocycles. The number of hydrogen-bond acceptors (Lipinski definition) is 4. The molecule has 31 heavy (non-hydrogen) atoms. The predicted molar refractivity (Wildman–Crippen MR) is 118 cm³/mol. The standard InChI is InChI=1S/C23H24FN5OS/c24-17-2-1-3-19(14-17)26-22-21-20(10-13-31(21)30)27-23(28-22)29-11-8-16(9-12-29)15-4-6-18(25)7-5-15/h1-7,14,16H,8-13,25H2,(H,26,27,28)/p+2. The highest BCUT2D eigenvalue weighted by molar-refractivity contribution is 7.85. The largest absolute Gasteiger partial charge is 0.399 e. The van der Waals surface area contributed by atoms with Gasteiger partial charge in [0.05, 0.1) is 23.9 Å². The summed E-state index contributed by atoms with van der Waals surface area (Å²) in [7, 11) is -1.08. The van der Waals surface area contributed by atoms with E-state index in [0.717, 1.165) is 59.7 Å². The number of aromatic amines is 1. The number of halogens is 1. The number of nitrogens with zero attached hydrogens (tertiary/aromatic N) is 2. The van der Waals surface area contributed by atoms with Gasteiger partial charge in [-0.1, -0.05) is 23.2 Å². The summed E-state index contributed by atoms with van der Waals surface area (Å²) in [4.78, 5) is 11.2. The first kappa shape index (κ1) is 20.1. The van der Waals surface area contributed by atoms with Crippen molar-refractivity contribution in [3.63, 3.8) is 0 Å². The number of nitrogen functional groups attached to an aromatic ring is 1. The number of anilines is 2. The molecule has 0 saturated carbocycles. The Morgan fingerprint density at radius 1 is 1.16 bits per heavy atom. The van der Waals surface area contributed by atoms with Gasteiger partial charge in [0.2, 0.25) is 0 Å². The Morgan fingerprint density at radius 3 is 2.68 bits per heavy atom. The summed E-state index contributed by atoms with van der Waals surface area (Å²) < 4.78 is 26.3. The Bertz CT molecular complexity index is 1130. The van der Waals surface area contributed by atoms with E-state index in [0.29, 0.717) is 18.1 Å². The van der Waals surface area contributed by atoms with E-state index >= 15 is 0 Å². The molecule has 2 aliphatic heterocycles. The van der Waals surface area contributed by atoms with Crippen LogP contribution in [-0.2, 0) is 17.2 Å². The van der Waals surface area contributed by atoms with Gasteiger partial charge in [-0.05, 0) is 48.6 Å². The van der Waals surface area contributed by atoms with E-state index in [1.807, 2.05) is 23.5 Å². The molecule has 1 aromatic heterocycles. The van der Waals surface area contributed by atoms with E-state index in [2.05, 4.69) is 22.0 Å². The molecule has 8 heteroatoms. The second-order valence-electron chi connectivity index (χ2n) is 8.18. The lowest BCUT2D eigenvalue weighted by molar-refractivity contribution is -0.585. The molecular weight excluding hydrogens is 413 g/mol. The Kier molecular flexibility index (Phi) is 5.41. The number of rotatable bonds is 4. The Balaban J connectivity index is 1.39. The quantitative estimate of drug-likeness (QED) is 0.610. The van der Waals surface area contributed by atoms with E-state index in [9.17, 15) is 8.60 Å². The van der Waals surface area contributed by atoms with Gasteiger partial charge in [0.15, 0.2) is 4.90 Å². The van der Waals surface area contributed by atoms with E-state index in [1.165, 1.54) is 17.7 Å². The fraction of sp³-hybridized carbons (Fsp3) is 0.304. The molecule has 2 aliphatic rings. The monoisotopic (exact) mass is 439 g/mol. The molecule has 1 fully saturated rings. The number of aromatic nitrogens is 2. The van der Waals surface area contributed by atoms with E-state index in [4.69, 9.17) is 10.7 Å². The second kappa shape index (κ2) is 8.36. The predicted octanol–water partition coefficient (Wildman–Crippen LogP) is 2.19. The Morgan fingerprint density at radius 2 is 1.94 bits per heavy atom. The van der Waals surface area contributed by atoms with Crippen LogP contribution in [-0.4, -0.2) is 28.0 Å². The average molecular weight is 440 g/mol. The number of benzene rings is 2. The van der Waals surface area contributed by atoms with Crippen molar-refractivity contribution in [1.82, 2.24) is 4.98 Å². The van der Waals surface area contributed by atoms with Gasteiger partial charge >= 0.3 is 5.95 Å². The summed E-state index contributed by atoms with van der Waals surface area (Å²) in [5, 5.41) is 1.87. The molecule has 3 aromatic rings. The van der Waals surface area contributed by atoms with Crippen molar-refractivity contribution >= 4 is 33.9 Å². The van der Waals surface area contributed by atoms with Crippen molar-refractivity contribution in [2.24, 2.45) is 0 Å². The number of hydrogen-bond donors (Lipinski definition) is 2. The van der Waals surface area contributed by atoms with Gasteiger partial charge in [-0.3, -0.25) is 14.4 Å². The first-order chi connectivity index (χ1) is 15.1. The summed E-state index contributed by atoms with van der Waals surface area (Å²) >= 11 is 0. The summed E-state index contributed by atoms with van der Waals surface area (Å²) in [6.07, 6.45) is 2.77. The maximum atomic E-state index is 13.7. The topological polar surface area (TPSA) is 90.0 Å². The highest BCUT2D eigenvalue weighted by atomic mass is 32.2. The number of H-pyrrole nitrogens is 1. The van der Waals surface area contributed by atoms with Crippen molar-refractivity contribution in [1.29, 1.82) is 0 Å². The van der Waals surface area contributed by atoms with Crippen molar-refractivity contribution in [3.05, 3.63) is 65.6 Å². The molecule has 2 aromatic carbocycles. The molecular formula is C23H26FN5OS+2. The van der Waals surface area contributed by atoms with Gasteiger partial charge in [0, 0.05) is 23.9 Å². The van der Waals surface area contributed by atoms with Crippen LogP contribution < -0.4 is 20.9 Å². The third-order valence-electron chi connectivity index (χ3n) is 6.11. The minimum atomic E-state index is -1.08. The Labute approximate surface area is 183 Å². The molecule has 6 nitrogen and oxygen atoms in total. The number of piperidine rings is 1. The SMILES string of the molecule is Nc1ccc(C2CCN(c3nc4c(c([NH2+]c5cccc(F)c5)[nH+]3)S(=O)CC4)CC2)cc1. The van der Waals surface area contributed by atoms with E-state index in [-0.39, 0.29) is 5.82 Å².